The number of methoxy groups -OCH3 is 1. The van der Waals surface area contributed by atoms with Crippen LogP contribution in [0, 0.1) is 11.3 Å². The van der Waals surface area contributed by atoms with Crippen LogP contribution in [-0.2, 0) is 9.53 Å². The summed E-state index contributed by atoms with van der Waals surface area (Å²) in [6.45, 7) is 4.73. The third kappa shape index (κ3) is 1.91. The number of nitrogens with zero attached hydrogens (tertiary/aromatic N) is 1. The summed E-state index contributed by atoms with van der Waals surface area (Å²) in [5.41, 5.74) is 4.03. The third-order valence-corrected chi connectivity index (χ3v) is 3.20. The molecule has 0 radical (unpaired) electrons. The van der Waals surface area contributed by atoms with Crippen LogP contribution < -0.4 is 5.43 Å². The maximum absolute atomic E-state index is 12.0. The maximum atomic E-state index is 12.0. The van der Waals surface area contributed by atoms with Crippen molar-refractivity contribution >= 4 is 11.5 Å². The molecule has 1 fully saturated rings. The largest absolute Gasteiger partial charge is 0.379 e. The van der Waals surface area contributed by atoms with Gasteiger partial charge in [-0.05, 0) is 11.8 Å². The average molecular weight is 210 g/mol. The summed E-state index contributed by atoms with van der Waals surface area (Å²) in [5, 5.41) is 4.21. The summed E-state index contributed by atoms with van der Waals surface area (Å²) >= 11 is 0. The highest BCUT2D eigenvalue weighted by molar-refractivity contribution is 6.08. The summed E-state index contributed by atoms with van der Waals surface area (Å²) in [6, 6.07) is 0.186. The first-order valence-corrected chi connectivity index (χ1v) is 5.37. The van der Waals surface area contributed by atoms with Crippen LogP contribution in [0.1, 0.15) is 26.7 Å². The van der Waals surface area contributed by atoms with Crippen molar-refractivity contribution in [2.24, 2.45) is 16.4 Å². The van der Waals surface area contributed by atoms with E-state index in [1.807, 2.05) is 0 Å². The van der Waals surface area contributed by atoms with Gasteiger partial charge in [-0.1, -0.05) is 13.8 Å². The Morgan fingerprint density at radius 1 is 1.60 bits per heavy atom. The zero-order valence-corrected chi connectivity index (χ0v) is 9.54. The van der Waals surface area contributed by atoms with E-state index in [0.717, 1.165) is 12.1 Å². The number of carbonyl (C=O) groups is 1. The Morgan fingerprint density at radius 2 is 2.33 bits per heavy atom. The van der Waals surface area contributed by atoms with Crippen molar-refractivity contribution in [1.82, 2.24) is 5.43 Å². The molecule has 1 heterocycles. The Labute approximate surface area is 90.1 Å². The van der Waals surface area contributed by atoms with Crippen molar-refractivity contribution in [3.8, 4) is 0 Å². The lowest BCUT2D eigenvalue weighted by atomic mass is 9.69. The minimum Gasteiger partial charge on any atom is -0.379 e. The van der Waals surface area contributed by atoms with Crippen LogP contribution in [0.25, 0.3) is 0 Å². The van der Waals surface area contributed by atoms with Crippen molar-refractivity contribution in [3.63, 3.8) is 0 Å². The van der Waals surface area contributed by atoms with E-state index in [-0.39, 0.29) is 17.4 Å². The van der Waals surface area contributed by atoms with Crippen LogP contribution in [0.3, 0.4) is 0 Å². The van der Waals surface area contributed by atoms with Gasteiger partial charge in [-0.25, -0.2) is 0 Å². The molecule has 0 aromatic heterocycles. The third-order valence-electron chi connectivity index (χ3n) is 3.20. The molecule has 0 aromatic carbocycles. The Hall–Kier alpha value is -0.900. The first kappa shape index (κ1) is 10.6. The fourth-order valence-corrected chi connectivity index (χ4v) is 2.63. The Kier molecular flexibility index (Phi) is 2.54. The minimum atomic E-state index is -0.0435. The lowest BCUT2D eigenvalue weighted by Gasteiger charge is -2.36. The van der Waals surface area contributed by atoms with Crippen LogP contribution in [0.4, 0.5) is 0 Å². The molecule has 1 aliphatic heterocycles. The normalized spacial score (nSPS) is 33.3. The van der Waals surface area contributed by atoms with Crippen molar-refractivity contribution in [3.05, 3.63) is 0 Å². The average Bonchev–Trinajstić information content (AvgIpc) is 2.46. The standard InChI is InChI=1S/C11H18N2O2/c1-11(2)4-7-10(9(14)5-11)8(6-15-3)13-12-7/h7,10,12H,4-6H2,1-3H3/t7-,10+/m1/s1. The number of fused-ring (bicyclic) bond motifs is 1. The molecular formula is C11H18N2O2. The predicted octanol–water partition coefficient (Wildman–Crippen LogP) is 0.966. The molecule has 2 atom stereocenters. The molecule has 0 unspecified atom stereocenters. The number of carbonyl (C=O) groups excluding carboxylic acids is 1. The second-order valence-corrected chi connectivity index (χ2v) is 5.26. The molecule has 4 nitrogen and oxygen atoms in total. The molecule has 1 aliphatic carbocycles. The zero-order valence-electron chi connectivity index (χ0n) is 9.54. The van der Waals surface area contributed by atoms with E-state index in [2.05, 4.69) is 24.4 Å². The smallest absolute Gasteiger partial charge is 0.144 e. The second-order valence-electron chi connectivity index (χ2n) is 5.26. The molecular weight excluding hydrogens is 192 g/mol. The van der Waals surface area contributed by atoms with Gasteiger partial charge < -0.3 is 10.2 Å². The zero-order chi connectivity index (χ0) is 11.1. The first-order chi connectivity index (χ1) is 7.03. The topological polar surface area (TPSA) is 50.7 Å². The minimum absolute atomic E-state index is 0.0435. The lowest BCUT2D eigenvalue weighted by molar-refractivity contribution is -0.126. The number of hydrogen-bond acceptors (Lipinski definition) is 4. The van der Waals surface area contributed by atoms with Crippen molar-refractivity contribution in [1.29, 1.82) is 0 Å². The van der Waals surface area contributed by atoms with E-state index in [9.17, 15) is 4.79 Å². The van der Waals surface area contributed by atoms with E-state index in [1.165, 1.54) is 0 Å². The number of nitrogens with one attached hydrogen (secondary N) is 1. The Balaban J connectivity index is 2.14. The second kappa shape index (κ2) is 3.59. The number of hydrogen-bond donors (Lipinski definition) is 1. The molecule has 2 rings (SSSR count). The highest BCUT2D eigenvalue weighted by Crippen LogP contribution is 2.38. The molecule has 1 saturated carbocycles. The monoisotopic (exact) mass is 210 g/mol. The molecule has 4 heteroatoms. The van der Waals surface area contributed by atoms with Gasteiger partial charge in [0.25, 0.3) is 0 Å². The van der Waals surface area contributed by atoms with Gasteiger partial charge >= 0.3 is 0 Å². The van der Waals surface area contributed by atoms with E-state index in [1.54, 1.807) is 7.11 Å². The summed E-state index contributed by atoms with van der Waals surface area (Å²) < 4.78 is 5.05. The van der Waals surface area contributed by atoms with E-state index >= 15 is 0 Å². The van der Waals surface area contributed by atoms with Gasteiger partial charge in [0.15, 0.2) is 0 Å². The van der Waals surface area contributed by atoms with Crippen LogP contribution >= 0.6 is 0 Å². The number of rotatable bonds is 2. The van der Waals surface area contributed by atoms with Gasteiger partial charge in [-0.2, -0.15) is 5.10 Å². The summed E-state index contributed by atoms with van der Waals surface area (Å²) in [4.78, 5) is 12.0. The molecule has 2 aliphatic rings. The van der Waals surface area contributed by atoms with Gasteiger partial charge in [0.1, 0.15) is 5.78 Å². The highest BCUT2D eigenvalue weighted by atomic mass is 16.5. The summed E-state index contributed by atoms with van der Waals surface area (Å²) in [5.74, 6) is 0.259. The van der Waals surface area contributed by atoms with Gasteiger partial charge in [-0.3, -0.25) is 4.79 Å². The predicted molar refractivity (Wildman–Crippen MR) is 57.7 cm³/mol. The molecule has 0 spiro atoms. The number of ether oxygens (including phenoxy) is 1. The molecule has 0 bridgehead atoms. The maximum Gasteiger partial charge on any atom is 0.144 e. The number of hydrazone groups is 1. The summed E-state index contributed by atoms with van der Waals surface area (Å²) in [6.07, 6.45) is 1.65. The Bertz CT molecular complexity index is 310. The van der Waals surface area contributed by atoms with Gasteiger partial charge in [0, 0.05) is 13.5 Å². The van der Waals surface area contributed by atoms with Gasteiger partial charge in [0.2, 0.25) is 0 Å². The highest BCUT2D eigenvalue weighted by Gasteiger charge is 2.45. The van der Waals surface area contributed by atoms with E-state index < -0.39 is 0 Å². The fraction of sp³-hybridized carbons (Fsp3) is 0.818. The molecule has 84 valence electrons. The van der Waals surface area contributed by atoms with Crippen LogP contribution in [0.5, 0.6) is 0 Å². The molecule has 0 amide bonds. The molecule has 0 saturated heterocycles. The van der Waals surface area contributed by atoms with Crippen LogP contribution in [-0.4, -0.2) is 31.3 Å². The molecule has 1 N–H and O–H groups in total. The van der Waals surface area contributed by atoms with Gasteiger partial charge in [-0.15, -0.1) is 0 Å². The van der Waals surface area contributed by atoms with Crippen molar-refractivity contribution < 1.29 is 9.53 Å². The van der Waals surface area contributed by atoms with E-state index in [0.29, 0.717) is 18.8 Å². The van der Waals surface area contributed by atoms with Crippen molar-refractivity contribution in [2.45, 2.75) is 32.7 Å². The van der Waals surface area contributed by atoms with Gasteiger partial charge in [0.05, 0.1) is 24.3 Å². The number of Topliss-reactive ketones (excluding diaryl/α,β-unsaturated/α-hetero) is 1. The molecule has 0 aromatic rings. The quantitative estimate of drug-likeness (QED) is 0.738. The lowest BCUT2D eigenvalue weighted by Crippen LogP contribution is -2.45. The summed E-state index contributed by atoms with van der Waals surface area (Å²) in [7, 11) is 1.63. The SMILES string of the molecule is COCC1=NN[C@@H]2CC(C)(C)CC(=O)[C@H]12. The van der Waals surface area contributed by atoms with Crippen molar-refractivity contribution in [2.75, 3.05) is 13.7 Å². The van der Waals surface area contributed by atoms with E-state index in [4.69, 9.17) is 4.74 Å². The van der Waals surface area contributed by atoms with Crippen LogP contribution in [0.2, 0.25) is 0 Å². The number of ketones is 1. The first-order valence-electron chi connectivity index (χ1n) is 5.37. The Morgan fingerprint density at radius 3 is 3.00 bits per heavy atom. The van der Waals surface area contributed by atoms with Crippen LogP contribution in [0.15, 0.2) is 5.10 Å². The fourth-order valence-electron chi connectivity index (χ4n) is 2.63. The molecule has 15 heavy (non-hydrogen) atoms.